The van der Waals surface area contributed by atoms with Crippen molar-refractivity contribution in [3.05, 3.63) is 11.9 Å². The Bertz CT molecular complexity index is 445. The molecule has 0 spiro atoms. The maximum atomic E-state index is 4.75. The topological polar surface area (TPSA) is 29.9 Å². The van der Waals surface area contributed by atoms with Crippen LogP contribution in [-0.2, 0) is 0 Å². The third-order valence-electron chi connectivity index (χ3n) is 5.63. The van der Waals surface area contributed by atoms with Crippen LogP contribution in [-0.4, -0.2) is 16.1 Å². The van der Waals surface area contributed by atoms with Crippen LogP contribution < -0.4 is 5.32 Å². The average molecular weight is 289 g/mol. The highest BCUT2D eigenvalue weighted by atomic mass is 15.2. The molecule has 2 aliphatic carbocycles. The largest absolute Gasteiger partial charge is 0.355 e. The predicted octanol–water partition coefficient (Wildman–Crippen LogP) is 4.93. The first kappa shape index (κ1) is 14.9. The van der Waals surface area contributed by atoms with Crippen LogP contribution in [0.15, 0.2) is 6.20 Å². The van der Waals surface area contributed by atoms with Crippen molar-refractivity contribution in [3.63, 3.8) is 0 Å². The molecule has 1 N–H and O–H groups in total. The van der Waals surface area contributed by atoms with Crippen molar-refractivity contribution in [1.29, 1.82) is 0 Å². The summed E-state index contributed by atoms with van der Waals surface area (Å²) in [6.07, 6.45) is 14.7. The summed E-state index contributed by atoms with van der Waals surface area (Å²) >= 11 is 0. The molecule has 0 radical (unpaired) electrons. The maximum absolute atomic E-state index is 4.75. The van der Waals surface area contributed by atoms with Gasteiger partial charge in [0.25, 0.3) is 0 Å². The van der Waals surface area contributed by atoms with E-state index in [4.69, 9.17) is 4.98 Å². The van der Waals surface area contributed by atoms with E-state index >= 15 is 0 Å². The van der Waals surface area contributed by atoms with Gasteiger partial charge in [-0.1, -0.05) is 45.4 Å². The van der Waals surface area contributed by atoms with Crippen LogP contribution in [0, 0.1) is 18.8 Å². The van der Waals surface area contributed by atoms with Crippen molar-refractivity contribution in [2.24, 2.45) is 11.8 Å². The standard InChI is InChI=1S/C18H31N3/c1-14-8-6-7-9-16(14)12-19-18-20-15(2)13-21(18)17-10-4-3-5-11-17/h13-14,16-17H,3-12H2,1-2H3,(H,19,20). The van der Waals surface area contributed by atoms with Gasteiger partial charge in [-0.2, -0.15) is 0 Å². The molecule has 3 nitrogen and oxygen atoms in total. The van der Waals surface area contributed by atoms with E-state index in [9.17, 15) is 0 Å². The molecule has 1 aromatic rings. The minimum atomic E-state index is 0.672. The monoisotopic (exact) mass is 289 g/mol. The van der Waals surface area contributed by atoms with E-state index in [0.717, 1.165) is 30.0 Å². The molecule has 2 fully saturated rings. The van der Waals surface area contributed by atoms with Crippen LogP contribution in [0.25, 0.3) is 0 Å². The van der Waals surface area contributed by atoms with Crippen LogP contribution in [0.3, 0.4) is 0 Å². The summed E-state index contributed by atoms with van der Waals surface area (Å²) in [7, 11) is 0. The van der Waals surface area contributed by atoms with Crippen LogP contribution >= 0.6 is 0 Å². The molecular weight excluding hydrogens is 258 g/mol. The second-order valence-corrected chi connectivity index (χ2v) is 7.31. The lowest BCUT2D eigenvalue weighted by atomic mass is 9.80. The summed E-state index contributed by atoms with van der Waals surface area (Å²) in [4.78, 5) is 4.75. The molecule has 1 heterocycles. The molecule has 0 amide bonds. The van der Waals surface area contributed by atoms with E-state index in [0.29, 0.717) is 6.04 Å². The highest BCUT2D eigenvalue weighted by molar-refractivity contribution is 5.30. The van der Waals surface area contributed by atoms with Crippen molar-refractivity contribution in [2.75, 3.05) is 11.9 Å². The van der Waals surface area contributed by atoms with Crippen LogP contribution in [0.4, 0.5) is 5.95 Å². The molecule has 0 bridgehead atoms. The van der Waals surface area contributed by atoms with Crippen molar-refractivity contribution in [1.82, 2.24) is 9.55 Å². The third-order valence-corrected chi connectivity index (χ3v) is 5.63. The lowest BCUT2D eigenvalue weighted by molar-refractivity contribution is 0.267. The van der Waals surface area contributed by atoms with Gasteiger partial charge in [-0.15, -0.1) is 0 Å². The Morgan fingerprint density at radius 1 is 1.10 bits per heavy atom. The fourth-order valence-corrected chi connectivity index (χ4v) is 4.20. The normalized spacial score (nSPS) is 27.7. The summed E-state index contributed by atoms with van der Waals surface area (Å²) in [6.45, 7) is 5.64. The molecular formula is C18H31N3. The number of aryl methyl sites for hydroxylation is 1. The highest BCUT2D eigenvalue weighted by Gasteiger charge is 2.23. The van der Waals surface area contributed by atoms with Crippen molar-refractivity contribution in [2.45, 2.75) is 77.7 Å². The average Bonchev–Trinajstić information content (AvgIpc) is 2.88. The molecule has 118 valence electrons. The second kappa shape index (κ2) is 6.85. The number of aromatic nitrogens is 2. The summed E-state index contributed by atoms with van der Waals surface area (Å²) in [5.41, 5.74) is 1.15. The van der Waals surface area contributed by atoms with Gasteiger partial charge >= 0.3 is 0 Å². The lowest BCUT2D eigenvalue weighted by Gasteiger charge is -2.30. The van der Waals surface area contributed by atoms with Gasteiger partial charge in [0.1, 0.15) is 0 Å². The van der Waals surface area contributed by atoms with Gasteiger partial charge in [-0.25, -0.2) is 4.98 Å². The third kappa shape index (κ3) is 3.61. The lowest BCUT2D eigenvalue weighted by Crippen LogP contribution is -2.26. The molecule has 3 rings (SSSR count). The molecule has 21 heavy (non-hydrogen) atoms. The summed E-state index contributed by atoms with van der Waals surface area (Å²) in [6, 6.07) is 0.672. The molecule has 2 atom stereocenters. The van der Waals surface area contributed by atoms with Crippen LogP contribution in [0.5, 0.6) is 0 Å². The maximum Gasteiger partial charge on any atom is 0.203 e. The number of hydrogen-bond donors (Lipinski definition) is 1. The fourth-order valence-electron chi connectivity index (χ4n) is 4.20. The molecule has 3 heteroatoms. The summed E-state index contributed by atoms with van der Waals surface area (Å²) < 4.78 is 2.43. The highest BCUT2D eigenvalue weighted by Crippen LogP contribution is 2.32. The van der Waals surface area contributed by atoms with Crippen LogP contribution in [0.2, 0.25) is 0 Å². The Morgan fingerprint density at radius 2 is 1.81 bits per heavy atom. The number of imidazole rings is 1. The number of rotatable bonds is 4. The van der Waals surface area contributed by atoms with Crippen molar-refractivity contribution < 1.29 is 0 Å². The van der Waals surface area contributed by atoms with E-state index in [1.807, 2.05) is 0 Å². The first-order chi connectivity index (χ1) is 10.2. The van der Waals surface area contributed by atoms with Gasteiger partial charge in [-0.3, -0.25) is 0 Å². The number of anilines is 1. The Balaban J connectivity index is 1.64. The van der Waals surface area contributed by atoms with E-state index in [2.05, 4.69) is 29.9 Å². The molecule has 0 saturated heterocycles. The minimum absolute atomic E-state index is 0.672. The van der Waals surface area contributed by atoms with Gasteiger partial charge in [0.15, 0.2) is 0 Å². The van der Waals surface area contributed by atoms with E-state index in [-0.39, 0.29) is 0 Å². The second-order valence-electron chi connectivity index (χ2n) is 7.31. The zero-order valence-electron chi connectivity index (χ0n) is 13.8. The van der Waals surface area contributed by atoms with Gasteiger partial charge in [-0.05, 0) is 38.0 Å². The van der Waals surface area contributed by atoms with Gasteiger partial charge < -0.3 is 9.88 Å². The summed E-state index contributed by atoms with van der Waals surface area (Å²) in [5.74, 6) is 2.82. The van der Waals surface area contributed by atoms with Crippen LogP contribution in [0.1, 0.15) is 76.4 Å². The zero-order chi connectivity index (χ0) is 14.7. The Hall–Kier alpha value is -0.990. The molecule has 2 aliphatic rings. The molecule has 2 unspecified atom stereocenters. The van der Waals surface area contributed by atoms with Crippen molar-refractivity contribution >= 4 is 5.95 Å². The van der Waals surface area contributed by atoms with E-state index in [1.54, 1.807) is 0 Å². The van der Waals surface area contributed by atoms with Crippen molar-refractivity contribution in [3.8, 4) is 0 Å². The fraction of sp³-hybridized carbons (Fsp3) is 0.833. The smallest absolute Gasteiger partial charge is 0.203 e. The SMILES string of the molecule is Cc1cn(C2CCCCC2)c(NCC2CCCCC2C)n1. The number of nitrogens with zero attached hydrogens (tertiary/aromatic N) is 2. The predicted molar refractivity (Wildman–Crippen MR) is 88.7 cm³/mol. The Kier molecular flexibility index (Phi) is 4.87. The van der Waals surface area contributed by atoms with E-state index in [1.165, 1.54) is 57.8 Å². The van der Waals surface area contributed by atoms with Gasteiger partial charge in [0.2, 0.25) is 5.95 Å². The van der Waals surface area contributed by atoms with E-state index < -0.39 is 0 Å². The summed E-state index contributed by atoms with van der Waals surface area (Å²) in [5, 5.41) is 3.68. The first-order valence-electron chi connectivity index (χ1n) is 9.03. The number of nitrogens with one attached hydrogen (secondary N) is 1. The first-order valence-corrected chi connectivity index (χ1v) is 9.03. The quantitative estimate of drug-likeness (QED) is 0.851. The van der Waals surface area contributed by atoms with Gasteiger partial charge in [0, 0.05) is 18.8 Å². The zero-order valence-corrected chi connectivity index (χ0v) is 13.8. The van der Waals surface area contributed by atoms with Gasteiger partial charge in [0.05, 0.1) is 5.69 Å². The molecule has 0 aliphatic heterocycles. The Labute approximate surface area is 129 Å². The molecule has 2 saturated carbocycles. The number of hydrogen-bond acceptors (Lipinski definition) is 2. The minimum Gasteiger partial charge on any atom is -0.355 e. The molecule has 1 aromatic heterocycles. The molecule has 0 aromatic carbocycles. The Morgan fingerprint density at radius 3 is 2.57 bits per heavy atom.